The molecule has 112 valence electrons. The molecule has 22 heavy (non-hydrogen) atoms. The Hall–Kier alpha value is -2.27. The lowest BCUT2D eigenvalue weighted by molar-refractivity contribution is -0.123. The maximum atomic E-state index is 12.6. The summed E-state index contributed by atoms with van der Waals surface area (Å²) in [6, 6.07) is 15.1. The van der Waals surface area contributed by atoms with Crippen molar-refractivity contribution in [3.05, 3.63) is 54.1 Å². The Kier molecular flexibility index (Phi) is 4.15. The highest BCUT2D eigenvalue weighted by Crippen LogP contribution is 2.33. The zero-order valence-electron chi connectivity index (χ0n) is 12.1. The van der Waals surface area contributed by atoms with Gasteiger partial charge in [0.2, 0.25) is 11.8 Å². The summed E-state index contributed by atoms with van der Waals surface area (Å²) in [5.41, 5.74) is 2.33. The number of rotatable bonds is 3. The molecule has 1 atom stereocenters. The van der Waals surface area contributed by atoms with E-state index in [1.165, 1.54) is 0 Å². The van der Waals surface area contributed by atoms with Crippen LogP contribution in [0.1, 0.15) is 17.9 Å². The largest absolute Gasteiger partial charge is 0.326 e. The van der Waals surface area contributed by atoms with Gasteiger partial charge in [-0.1, -0.05) is 24.3 Å². The van der Waals surface area contributed by atoms with Crippen LogP contribution in [0.5, 0.6) is 0 Å². The molecule has 0 saturated heterocycles. The highest BCUT2D eigenvalue weighted by atomic mass is 32.2. The zero-order chi connectivity index (χ0) is 15.5. The lowest BCUT2D eigenvalue weighted by Gasteiger charge is -2.24. The second-order valence-electron chi connectivity index (χ2n) is 5.11. The molecule has 2 aromatic rings. The van der Waals surface area contributed by atoms with Crippen LogP contribution < -0.4 is 10.6 Å². The zero-order valence-corrected chi connectivity index (χ0v) is 12.9. The molecular weight excluding hydrogens is 296 g/mol. The minimum Gasteiger partial charge on any atom is -0.326 e. The monoisotopic (exact) mass is 312 g/mol. The Labute approximate surface area is 133 Å². The van der Waals surface area contributed by atoms with Gasteiger partial charge in [0.15, 0.2) is 0 Å². The fraction of sp³-hybridized carbons (Fsp3) is 0.176. The van der Waals surface area contributed by atoms with E-state index < -0.39 is 5.92 Å². The van der Waals surface area contributed by atoms with E-state index in [4.69, 9.17) is 0 Å². The molecule has 0 spiro atoms. The summed E-state index contributed by atoms with van der Waals surface area (Å²) in [6.45, 7) is 0. The van der Waals surface area contributed by atoms with Crippen molar-refractivity contribution in [2.24, 2.45) is 0 Å². The molecule has 2 N–H and O–H groups in total. The maximum absolute atomic E-state index is 12.6. The molecule has 0 aromatic heterocycles. The first-order chi connectivity index (χ1) is 10.7. The quantitative estimate of drug-likeness (QED) is 0.853. The molecule has 0 unspecified atom stereocenters. The average molecular weight is 312 g/mol. The molecule has 1 aliphatic heterocycles. The van der Waals surface area contributed by atoms with E-state index in [0.29, 0.717) is 0 Å². The van der Waals surface area contributed by atoms with Gasteiger partial charge in [0.1, 0.15) is 0 Å². The van der Waals surface area contributed by atoms with Crippen LogP contribution in [0.15, 0.2) is 53.4 Å². The van der Waals surface area contributed by atoms with Gasteiger partial charge in [-0.3, -0.25) is 9.59 Å². The Balaban J connectivity index is 1.84. The van der Waals surface area contributed by atoms with Gasteiger partial charge >= 0.3 is 0 Å². The number of anilines is 2. The van der Waals surface area contributed by atoms with Gasteiger partial charge in [0.05, 0.1) is 5.92 Å². The number of hydrogen-bond acceptors (Lipinski definition) is 3. The van der Waals surface area contributed by atoms with Crippen molar-refractivity contribution in [1.82, 2.24) is 0 Å². The van der Waals surface area contributed by atoms with Gasteiger partial charge in [-0.05, 0) is 36.1 Å². The van der Waals surface area contributed by atoms with Crippen molar-refractivity contribution in [2.45, 2.75) is 17.2 Å². The van der Waals surface area contributed by atoms with Crippen LogP contribution in [-0.4, -0.2) is 18.1 Å². The first kappa shape index (κ1) is 14.7. The van der Waals surface area contributed by atoms with E-state index in [1.807, 2.05) is 54.8 Å². The number of hydrogen-bond donors (Lipinski definition) is 2. The predicted octanol–water partition coefficient (Wildman–Crippen LogP) is 3.47. The van der Waals surface area contributed by atoms with Crippen molar-refractivity contribution < 1.29 is 9.59 Å². The van der Waals surface area contributed by atoms with Gasteiger partial charge in [0.25, 0.3) is 0 Å². The summed E-state index contributed by atoms with van der Waals surface area (Å²) in [5, 5.41) is 5.72. The Bertz CT molecular complexity index is 730. The van der Waals surface area contributed by atoms with Crippen LogP contribution in [0.25, 0.3) is 0 Å². The molecule has 0 fully saturated rings. The first-order valence-corrected chi connectivity index (χ1v) is 8.23. The second-order valence-corrected chi connectivity index (χ2v) is 5.99. The highest BCUT2D eigenvalue weighted by Gasteiger charge is 2.30. The number of thioether (sulfide) groups is 1. The highest BCUT2D eigenvalue weighted by molar-refractivity contribution is 7.98. The van der Waals surface area contributed by atoms with Crippen LogP contribution in [0.2, 0.25) is 0 Å². The lowest BCUT2D eigenvalue weighted by Crippen LogP contribution is -2.30. The standard InChI is InChI=1S/C17H16N2O2S/c1-22-12-6-4-5-11(9-12)18-17(21)14-10-16(20)19-15-8-3-2-7-13(14)15/h2-9,14H,10H2,1H3,(H,18,21)(H,19,20)/t14-/m0/s1. The van der Waals surface area contributed by atoms with Gasteiger partial charge < -0.3 is 10.6 Å². The second kappa shape index (κ2) is 6.23. The van der Waals surface area contributed by atoms with Crippen molar-refractivity contribution in [3.8, 4) is 0 Å². The third kappa shape index (κ3) is 2.99. The lowest BCUT2D eigenvalue weighted by atomic mass is 9.90. The predicted molar refractivity (Wildman–Crippen MR) is 89.3 cm³/mol. The van der Waals surface area contributed by atoms with Crippen molar-refractivity contribution in [1.29, 1.82) is 0 Å². The summed E-state index contributed by atoms with van der Waals surface area (Å²) in [4.78, 5) is 25.5. The summed E-state index contributed by atoms with van der Waals surface area (Å²) in [5.74, 6) is -0.736. The molecule has 0 bridgehead atoms. The average Bonchev–Trinajstić information content (AvgIpc) is 2.54. The molecule has 1 aliphatic rings. The van der Waals surface area contributed by atoms with Crippen LogP contribution in [0, 0.1) is 0 Å². The van der Waals surface area contributed by atoms with E-state index in [9.17, 15) is 9.59 Å². The van der Waals surface area contributed by atoms with Gasteiger partial charge in [-0.25, -0.2) is 0 Å². The van der Waals surface area contributed by atoms with Crippen molar-refractivity contribution in [2.75, 3.05) is 16.9 Å². The van der Waals surface area contributed by atoms with E-state index in [1.54, 1.807) is 11.8 Å². The summed E-state index contributed by atoms with van der Waals surface area (Å²) < 4.78 is 0. The number of benzene rings is 2. The molecular formula is C17H16N2O2S. The molecule has 5 heteroatoms. The molecule has 3 rings (SSSR count). The van der Waals surface area contributed by atoms with E-state index in [0.717, 1.165) is 21.8 Å². The minimum atomic E-state index is -0.456. The molecule has 4 nitrogen and oxygen atoms in total. The summed E-state index contributed by atoms with van der Waals surface area (Å²) >= 11 is 1.62. The van der Waals surface area contributed by atoms with E-state index >= 15 is 0 Å². The molecule has 0 saturated carbocycles. The maximum Gasteiger partial charge on any atom is 0.232 e. The molecule has 2 aromatic carbocycles. The van der Waals surface area contributed by atoms with Crippen molar-refractivity contribution in [3.63, 3.8) is 0 Å². The number of fused-ring (bicyclic) bond motifs is 1. The first-order valence-electron chi connectivity index (χ1n) is 7.01. The number of amides is 2. The summed E-state index contributed by atoms with van der Waals surface area (Å²) in [7, 11) is 0. The van der Waals surface area contributed by atoms with E-state index in [2.05, 4.69) is 10.6 Å². The van der Waals surface area contributed by atoms with Crippen LogP contribution >= 0.6 is 11.8 Å². The Morgan fingerprint density at radius 1 is 1.23 bits per heavy atom. The fourth-order valence-electron chi connectivity index (χ4n) is 2.58. The molecule has 1 heterocycles. The molecule has 0 aliphatic carbocycles. The number of para-hydroxylation sites is 1. The smallest absolute Gasteiger partial charge is 0.232 e. The third-order valence-corrected chi connectivity index (χ3v) is 4.38. The van der Waals surface area contributed by atoms with E-state index in [-0.39, 0.29) is 18.2 Å². The van der Waals surface area contributed by atoms with Gasteiger partial charge in [0, 0.05) is 22.7 Å². The number of carbonyl (C=O) groups excluding carboxylic acids is 2. The molecule has 0 radical (unpaired) electrons. The Morgan fingerprint density at radius 3 is 2.86 bits per heavy atom. The SMILES string of the molecule is CSc1cccc(NC(=O)[C@H]2CC(=O)Nc3ccccc32)c1. The van der Waals surface area contributed by atoms with Crippen LogP contribution in [0.4, 0.5) is 11.4 Å². The minimum absolute atomic E-state index is 0.128. The van der Waals surface area contributed by atoms with Crippen molar-refractivity contribution >= 4 is 35.0 Å². The normalized spacial score (nSPS) is 16.6. The fourth-order valence-corrected chi connectivity index (χ4v) is 3.03. The Morgan fingerprint density at radius 2 is 2.05 bits per heavy atom. The summed E-state index contributed by atoms with van der Waals surface area (Å²) in [6.07, 6.45) is 2.16. The van der Waals surface area contributed by atoms with Crippen LogP contribution in [-0.2, 0) is 9.59 Å². The third-order valence-electron chi connectivity index (χ3n) is 3.65. The number of carbonyl (C=O) groups is 2. The van der Waals surface area contributed by atoms with Gasteiger partial charge in [-0.15, -0.1) is 11.8 Å². The molecule has 2 amide bonds. The van der Waals surface area contributed by atoms with Crippen LogP contribution in [0.3, 0.4) is 0 Å². The topological polar surface area (TPSA) is 58.2 Å². The number of nitrogens with one attached hydrogen (secondary N) is 2. The van der Waals surface area contributed by atoms with Gasteiger partial charge in [-0.2, -0.15) is 0 Å².